The van der Waals surface area contributed by atoms with E-state index in [1.807, 2.05) is 19.1 Å². The molecule has 1 aliphatic rings. The molecule has 17 heavy (non-hydrogen) atoms. The first kappa shape index (κ1) is 10.6. The van der Waals surface area contributed by atoms with Crippen molar-refractivity contribution in [2.45, 2.75) is 26.3 Å². The largest absolute Gasteiger partial charge is 0.461 e. The lowest BCUT2D eigenvalue weighted by Crippen LogP contribution is -2.27. The fourth-order valence-corrected chi connectivity index (χ4v) is 2.50. The summed E-state index contributed by atoms with van der Waals surface area (Å²) in [5, 5.41) is 3.49. The van der Waals surface area contributed by atoms with Crippen molar-refractivity contribution in [2.24, 2.45) is 0 Å². The summed E-state index contributed by atoms with van der Waals surface area (Å²) in [5.41, 5.74) is 4.04. The summed E-state index contributed by atoms with van der Waals surface area (Å²) in [7, 11) is 0. The molecule has 88 valence electrons. The van der Waals surface area contributed by atoms with Gasteiger partial charge in [-0.15, -0.1) is 0 Å². The maximum absolute atomic E-state index is 5.68. The number of hydrogen-bond acceptors (Lipinski definition) is 2. The smallest absolute Gasteiger partial charge is 0.134 e. The molecule has 0 radical (unpaired) electrons. The molecule has 0 aliphatic carbocycles. The van der Waals surface area contributed by atoms with Gasteiger partial charge < -0.3 is 9.73 Å². The number of nitrogens with one attached hydrogen (secondary N) is 1. The zero-order valence-electron chi connectivity index (χ0n) is 10.3. The highest BCUT2D eigenvalue weighted by atomic mass is 16.3. The first-order valence-electron chi connectivity index (χ1n) is 6.17. The van der Waals surface area contributed by atoms with Crippen LogP contribution in [-0.4, -0.2) is 6.54 Å². The molecule has 2 nitrogen and oxygen atoms in total. The van der Waals surface area contributed by atoms with Crippen molar-refractivity contribution in [3.8, 4) is 11.3 Å². The maximum atomic E-state index is 5.68. The SMILES string of the molecule is Cc1ccc(-c2ccc3c(c2)C(C)NCC3)o1. The van der Waals surface area contributed by atoms with E-state index in [1.54, 1.807) is 0 Å². The number of hydrogen-bond donors (Lipinski definition) is 1. The molecule has 1 N–H and O–H groups in total. The second-order valence-electron chi connectivity index (χ2n) is 4.75. The second kappa shape index (κ2) is 4.04. The molecule has 0 amide bonds. The molecule has 0 spiro atoms. The van der Waals surface area contributed by atoms with Gasteiger partial charge in [0.25, 0.3) is 0 Å². The molecular formula is C15H17NO. The molecule has 1 aliphatic heterocycles. The molecule has 2 aromatic rings. The van der Waals surface area contributed by atoms with Crippen LogP contribution in [0.25, 0.3) is 11.3 Å². The van der Waals surface area contributed by atoms with Crippen LogP contribution in [0, 0.1) is 6.92 Å². The summed E-state index contributed by atoms with van der Waals surface area (Å²) in [4.78, 5) is 0. The van der Waals surface area contributed by atoms with E-state index in [2.05, 4.69) is 30.4 Å². The lowest BCUT2D eigenvalue weighted by Gasteiger charge is -2.24. The normalized spacial score (nSPS) is 19.1. The van der Waals surface area contributed by atoms with Gasteiger partial charge >= 0.3 is 0 Å². The minimum Gasteiger partial charge on any atom is -0.461 e. The number of fused-ring (bicyclic) bond motifs is 1. The van der Waals surface area contributed by atoms with E-state index in [9.17, 15) is 0 Å². The van der Waals surface area contributed by atoms with Crippen LogP contribution in [0.2, 0.25) is 0 Å². The Morgan fingerprint density at radius 2 is 2.12 bits per heavy atom. The fourth-order valence-electron chi connectivity index (χ4n) is 2.50. The van der Waals surface area contributed by atoms with Gasteiger partial charge in [0, 0.05) is 11.6 Å². The number of furan rings is 1. The minimum absolute atomic E-state index is 0.440. The third kappa shape index (κ3) is 1.89. The monoisotopic (exact) mass is 227 g/mol. The van der Waals surface area contributed by atoms with Crippen LogP contribution in [0.3, 0.4) is 0 Å². The van der Waals surface area contributed by atoms with Crippen LogP contribution in [0.1, 0.15) is 29.9 Å². The second-order valence-corrected chi connectivity index (χ2v) is 4.75. The van der Waals surface area contributed by atoms with Crippen molar-refractivity contribution in [2.75, 3.05) is 6.54 Å². The van der Waals surface area contributed by atoms with Crippen molar-refractivity contribution >= 4 is 0 Å². The average Bonchev–Trinajstić information content (AvgIpc) is 2.76. The molecule has 1 aromatic heterocycles. The Bertz CT molecular complexity index is 542. The zero-order valence-corrected chi connectivity index (χ0v) is 10.3. The molecular weight excluding hydrogens is 210 g/mol. The number of benzene rings is 1. The summed E-state index contributed by atoms with van der Waals surface area (Å²) in [5.74, 6) is 1.92. The van der Waals surface area contributed by atoms with E-state index in [0.29, 0.717) is 6.04 Å². The fraction of sp³-hybridized carbons (Fsp3) is 0.333. The van der Waals surface area contributed by atoms with Crippen molar-refractivity contribution in [3.63, 3.8) is 0 Å². The van der Waals surface area contributed by atoms with Gasteiger partial charge in [0.15, 0.2) is 0 Å². The number of aryl methyl sites for hydroxylation is 1. The van der Waals surface area contributed by atoms with Gasteiger partial charge in [-0.25, -0.2) is 0 Å². The molecule has 2 heteroatoms. The third-order valence-corrected chi connectivity index (χ3v) is 3.48. The molecule has 0 bridgehead atoms. The Morgan fingerprint density at radius 3 is 2.88 bits per heavy atom. The van der Waals surface area contributed by atoms with Gasteiger partial charge in [-0.3, -0.25) is 0 Å². The average molecular weight is 227 g/mol. The Morgan fingerprint density at radius 1 is 1.24 bits per heavy atom. The quantitative estimate of drug-likeness (QED) is 0.807. The van der Waals surface area contributed by atoms with Crippen LogP contribution in [0.4, 0.5) is 0 Å². The van der Waals surface area contributed by atoms with E-state index in [-0.39, 0.29) is 0 Å². The van der Waals surface area contributed by atoms with Crippen molar-refractivity contribution in [1.82, 2.24) is 5.32 Å². The van der Waals surface area contributed by atoms with Crippen molar-refractivity contribution < 1.29 is 4.42 Å². The van der Waals surface area contributed by atoms with E-state index in [0.717, 1.165) is 24.5 Å². The molecule has 3 rings (SSSR count). The van der Waals surface area contributed by atoms with Crippen molar-refractivity contribution in [3.05, 3.63) is 47.2 Å². The summed E-state index contributed by atoms with van der Waals surface area (Å²) in [6, 6.07) is 11.1. The molecule has 1 atom stereocenters. The Hall–Kier alpha value is -1.54. The minimum atomic E-state index is 0.440. The molecule has 1 unspecified atom stereocenters. The van der Waals surface area contributed by atoms with Crippen LogP contribution in [0.5, 0.6) is 0 Å². The summed E-state index contributed by atoms with van der Waals surface area (Å²) in [6.07, 6.45) is 1.12. The highest BCUT2D eigenvalue weighted by Gasteiger charge is 2.16. The van der Waals surface area contributed by atoms with Crippen molar-refractivity contribution in [1.29, 1.82) is 0 Å². The third-order valence-electron chi connectivity index (χ3n) is 3.48. The van der Waals surface area contributed by atoms with Crippen LogP contribution < -0.4 is 5.32 Å². The topological polar surface area (TPSA) is 25.2 Å². The molecule has 0 saturated carbocycles. The van der Waals surface area contributed by atoms with E-state index in [1.165, 1.54) is 16.7 Å². The Kier molecular flexibility index (Phi) is 2.52. The molecule has 0 saturated heterocycles. The van der Waals surface area contributed by atoms with Gasteiger partial charge in [-0.1, -0.05) is 12.1 Å². The molecule has 2 heterocycles. The van der Waals surface area contributed by atoms with Crippen LogP contribution in [-0.2, 0) is 6.42 Å². The number of rotatable bonds is 1. The van der Waals surface area contributed by atoms with E-state index in [4.69, 9.17) is 4.42 Å². The predicted molar refractivity (Wildman–Crippen MR) is 69.0 cm³/mol. The van der Waals surface area contributed by atoms with E-state index < -0.39 is 0 Å². The Balaban J connectivity index is 2.05. The summed E-state index contributed by atoms with van der Waals surface area (Å²) < 4.78 is 5.68. The molecule has 1 aromatic carbocycles. The highest BCUT2D eigenvalue weighted by Crippen LogP contribution is 2.29. The predicted octanol–water partition coefficient (Wildman–Crippen LogP) is 3.46. The molecule has 0 fully saturated rings. The van der Waals surface area contributed by atoms with Crippen LogP contribution in [0.15, 0.2) is 34.7 Å². The van der Waals surface area contributed by atoms with Gasteiger partial charge in [-0.2, -0.15) is 0 Å². The van der Waals surface area contributed by atoms with Gasteiger partial charge in [0.2, 0.25) is 0 Å². The standard InChI is InChI=1S/C15H17NO/c1-10-3-6-15(17-10)13-5-4-12-7-8-16-11(2)14(12)9-13/h3-6,9,11,16H,7-8H2,1-2H3. The first-order valence-corrected chi connectivity index (χ1v) is 6.17. The lowest BCUT2D eigenvalue weighted by atomic mass is 9.93. The zero-order chi connectivity index (χ0) is 11.8. The van der Waals surface area contributed by atoms with Gasteiger partial charge in [-0.05, 0) is 56.1 Å². The summed E-state index contributed by atoms with van der Waals surface area (Å²) in [6.45, 7) is 5.27. The highest BCUT2D eigenvalue weighted by molar-refractivity contribution is 5.60. The van der Waals surface area contributed by atoms with Crippen LogP contribution >= 0.6 is 0 Å². The maximum Gasteiger partial charge on any atom is 0.134 e. The van der Waals surface area contributed by atoms with Gasteiger partial charge in [0.1, 0.15) is 11.5 Å². The van der Waals surface area contributed by atoms with E-state index >= 15 is 0 Å². The Labute approximate surface area is 102 Å². The first-order chi connectivity index (χ1) is 8.24. The summed E-state index contributed by atoms with van der Waals surface area (Å²) >= 11 is 0. The lowest BCUT2D eigenvalue weighted by molar-refractivity contribution is 0.537. The van der Waals surface area contributed by atoms with Gasteiger partial charge in [0.05, 0.1) is 0 Å².